The van der Waals surface area contributed by atoms with Gasteiger partial charge in [0.15, 0.2) is 11.0 Å². The first-order valence-corrected chi connectivity index (χ1v) is 13.6. The summed E-state index contributed by atoms with van der Waals surface area (Å²) in [6.45, 7) is 4.52. The van der Waals surface area contributed by atoms with Crippen molar-refractivity contribution in [2.24, 2.45) is 0 Å². The Hall–Kier alpha value is -3.01. The summed E-state index contributed by atoms with van der Waals surface area (Å²) < 4.78 is 29.6. The summed E-state index contributed by atoms with van der Waals surface area (Å²) in [4.78, 5) is 4.32. The monoisotopic (exact) mass is 493 g/mol. The molecule has 0 bridgehead atoms. The predicted molar refractivity (Wildman–Crippen MR) is 136 cm³/mol. The molecule has 0 N–H and O–H groups in total. The van der Waals surface area contributed by atoms with Gasteiger partial charge < -0.3 is 0 Å². The van der Waals surface area contributed by atoms with E-state index < -0.39 is 10.0 Å². The van der Waals surface area contributed by atoms with Gasteiger partial charge in [0.05, 0.1) is 4.90 Å². The van der Waals surface area contributed by atoms with Gasteiger partial charge in [-0.2, -0.15) is 4.31 Å². The number of pyridine rings is 1. The molecule has 4 rings (SSSR count). The van der Waals surface area contributed by atoms with Crippen molar-refractivity contribution in [1.82, 2.24) is 24.1 Å². The van der Waals surface area contributed by atoms with Gasteiger partial charge in [0.25, 0.3) is 0 Å². The van der Waals surface area contributed by atoms with Crippen molar-refractivity contribution < 1.29 is 8.42 Å². The summed E-state index contributed by atoms with van der Waals surface area (Å²) in [6, 6.07) is 20.8. The summed E-state index contributed by atoms with van der Waals surface area (Å²) in [5.41, 5.74) is 2.83. The number of sulfonamides is 1. The Morgan fingerprint density at radius 3 is 2.35 bits per heavy atom. The highest BCUT2D eigenvalue weighted by Gasteiger charge is 2.23. The van der Waals surface area contributed by atoms with Gasteiger partial charge in [-0.25, -0.2) is 8.42 Å². The van der Waals surface area contributed by atoms with Crippen LogP contribution in [-0.4, -0.2) is 51.3 Å². The van der Waals surface area contributed by atoms with E-state index >= 15 is 0 Å². The van der Waals surface area contributed by atoms with Crippen LogP contribution in [0.5, 0.6) is 0 Å². The SMILES string of the molecule is CCN(CC)S(=O)(=O)c1cccc(-c2nnc(SCCc3ccncc3)n2-c2ccccc2)c1. The molecule has 0 spiro atoms. The fourth-order valence-electron chi connectivity index (χ4n) is 3.68. The van der Waals surface area contributed by atoms with Crippen molar-refractivity contribution >= 4 is 21.8 Å². The minimum atomic E-state index is -3.58. The van der Waals surface area contributed by atoms with Crippen LogP contribution < -0.4 is 0 Å². The summed E-state index contributed by atoms with van der Waals surface area (Å²) in [5.74, 6) is 1.43. The zero-order chi connectivity index (χ0) is 24.0. The third kappa shape index (κ3) is 5.22. The average molecular weight is 494 g/mol. The van der Waals surface area contributed by atoms with Crippen molar-refractivity contribution in [3.8, 4) is 17.1 Å². The lowest BCUT2D eigenvalue weighted by atomic mass is 10.2. The van der Waals surface area contributed by atoms with Crippen LogP contribution in [0.2, 0.25) is 0 Å². The molecule has 7 nitrogen and oxygen atoms in total. The number of thioether (sulfide) groups is 1. The molecule has 0 saturated heterocycles. The van der Waals surface area contributed by atoms with Gasteiger partial charge in [0, 0.05) is 42.5 Å². The van der Waals surface area contributed by atoms with Crippen molar-refractivity contribution in [3.63, 3.8) is 0 Å². The first-order valence-electron chi connectivity index (χ1n) is 11.2. The first kappa shape index (κ1) is 24.1. The molecule has 2 aromatic carbocycles. The topological polar surface area (TPSA) is 81.0 Å². The van der Waals surface area contributed by atoms with E-state index in [9.17, 15) is 8.42 Å². The molecule has 0 radical (unpaired) electrons. The number of hydrogen-bond donors (Lipinski definition) is 0. The first-order chi connectivity index (χ1) is 16.5. The molecule has 0 atom stereocenters. The summed E-state index contributed by atoms with van der Waals surface area (Å²) in [7, 11) is -3.58. The van der Waals surface area contributed by atoms with E-state index in [1.807, 2.05) is 66.9 Å². The molecule has 0 saturated carbocycles. The molecule has 34 heavy (non-hydrogen) atoms. The number of hydrogen-bond acceptors (Lipinski definition) is 6. The maximum Gasteiger partial charge on any atom is 0.243 e. The smallest absolute Gasteiger partial charge is 0.243 e. The van der Waals surface area contributed by atoms with Crippen molar-refractivity contribution in [2.75, 3.05) is 18.8 Å². The molecule has 2 aromatic heterocycles. The van der Waals surface area contributed by atoms with Crippen LogP contribution in [0.3, 0.4) is 0 Å². The maximum atomic E-state index is 13.1. The highest BCUT2D eigenvalue weighted by atomic mass is 32.2. The number of aromatic nitrogens is 4. The highest BCUT2D eigenvalue weighted by molar-refractivity contribution is 7.99. The van der Waals surface area contributed by atoms with Crippen LogP contribution in [0, 0.1) is 0 Å². The van der Waals surface area contributed by atoms with Crippen molar-refractivity contribution in [1.29, 1.82) is 0 Å². The molecule has 0 unspecified atom stereocenters. The summed E-state index contributed by atoms with van der Waals surface area (Å²) >= 11 is 1.62. The van der Waals surface area contributed by atoms with E-state index in [-0.39, 0.29) is 4.90 Å². The normalized spacial score (nSPS) is 11.7. The van der Waals surface area contributed by atoms with Gasteiger partial charge in [0.2, 0.25) is 10.0 Å². The average Bonchev–Trinajstić information content (AvgIpc) is 3.30. The molecule has 0 amide bonds. The molecule has 176 valence electrons. The van der Waals surface area contributed by atoms with Gasteiger partial charge in [-0.1, -0.05) is 55.9 Å². The van der Waals surface area contributed by atoms with Gasteiger partial charge in [-0.15, -0.1) is 10.2 Å². The molecule has 0 fully saturated rings. The molecule has 0 aliphatic rings. The standard InChI is InChI=1S/C25H27N5O2S2/c1-3-29(4-2)34(31,32)23-12-8-9-21(19-23)24-27-28-25(30(24)22-10-6-5-7-11-22)33-18-15-20-13-16-26-17-14-20/h5-14,16-17,19H,3-4,15,18H2,1-2H3. The largest absolute Gasteiger partial charge is 0.270 e. The quantitative estimate of drug-likeness (QED) is 0.298. The number of benzene rings is 2. The Kier molecular flexibility index (Phi) is 7.77. The van der Waals surface area contributed by atoms with Crippen LogP contribution in [0.25, 0.3) is 17.1 Å². The van der Waals surface area contributed by atoms with Crippen LogP contribution in [0.4, 0.5) is 0 Å². The van der Waals surface area contributed by atoms with Gasteiger partial charge in [-0.05, 0) is 48.4 Å². The third-order valence-corrected chi connectivity index (χ3v) is 8.43. The second kappa shape index (κ2) is 10.9. The van der Waals surface area contributed by atoms with E-state index in [1.54, 1.807) is 42.4 Å². The van der Waals surface area contributed by atoms with E-state index in [1.165, 1.54) is 9.87 Å². The minimum Gasteiger partial charge on any atom is -0.270 e. The van der Waals surface area contributed by atoms with Crippen LogP contribution in [-0.2, 0) is 16.4 Å². The Morgan fingerprint density at radius 2 is 1.65 bits per heavy atom. The second-order valence-electron chi connectivity index (χ2n) is 7.55. The summed E-state index contributed by atoms with van der Waals surface area (Å²) in [6.07, 6.45) is 4.47. The molecule has 4 aromatic rings. The Balaban J connectivity index is 1.70. The Bertz CT molecular complexity index is 1320. The predicted octanol–water partition coefficient (Wildman–Crippen LogP) is 4.69. The van der Waals surface area contributed by atoms with Crippen molar-refractivity contribution in [3.05, 3.63) is 84.7 Å². The lowest BCUT2D eigenvalue weighted by molar-refractivity contribution is 0.445. The van der Waals surface area contributed by atoms with E-state index in [0.29, 0.717) is 24.5 Å². The lowest BCUT2D eigenvalue weighted by Gasteiger charge is -2.19. The van der Waals surface area contributed by atoms with Gasteiger partial charge >= 0.3 is 0 Å². The van der Waals surface area contributed by atoms with Crippen molar-refractivity contribution in [2.45, 2.75) is 30.3 Å². The minimum absolute atomic E-state index is 0.253. The number of aryl methyl sites for hydroxylation is 1. The molecule has 2 heterocycles. The number of rotatable bonds is 10. The van der Waals surface area contributed by atoms with E-state index in [0.717, 1.165) is 23.0 Å². The molecular formula is C25H27N5O2S2. The van der Waals surface area contributed by atoms with E-state index in [2.05, 4.69) is 15.2 Å². The molecule has 9 heteroatoms. The van der Waals surface area contributed by atoms with E-state index in [4.69, 9.17) is 0 Å². The van der Waals surface area contributed by atoms with Gasteiger partial charge in [-0.3, -0.25) is 9.55 Å². The molecule has 0 aliphatic carbocycles. The third-order valence-electron chi connectivity index (χ3n) is 5.45. The molecular weight excluding hydrogens is 466 g/mol. The lowest BCUT2D eigenvalue weighted by Crippen LogP contribution is -2.30. The zero-order valence-corrected chi connectivity index (χ0v) is 20.8. The Labute approximate surface area is 204 Å². The number of para-hydroxylation sites is 1. The highest BCUT2D eigenvalue weighted by Crippen LogP contribution is 2.30. The Morgan fingerprint density at radius 1 is 0.912 bits per heavy atom. The fourth-order valence-corrected chi connectivity index (χ4v) is 6.12. The van der Waals surface area contributed by atoms with Crippen LogP contribution in [0.15, 0.2) is 89.2 Å². The fraction of sp³-hybridized carbons (Fsp3) is 0.240. The zero-order valence-electron chi connectivity index (χ0n) is 19.2. The van der Waals surface area contributed by atoms with Gasteiger partial charge in [0.1, 0.15) is 0 Å². The van der Waals surface area contributed by atoms with Crippen LogP contribution >= 0.6 is 11.8 Å². The molecule has 0 aliphatic heterocycles. The second-order valence-corrected chi connectivity index (χ2v) is 10.5. The number of nitrogens with zero attached hydrogens (tertiary/aromatic N) is 5. The maximum absolute atomic E-state index is 13.1. The summed E-state index contributed by atoms with van der Waals surface area (Å²) in [5, 5.41) is 9.69. The van der Waals surface area contributed by atoms with Crippen LogP contribution in [0.1, 0.15) is 19.4 Å².